The molecule has 2 aromatic carbocycles. The normalized spacial score (nSPS) is 22.0. The van der Waals surface area contributed by atoms with E-state index in [0.717, 1.165) is 18.5 Å². The number of amides is 1. The largest absolute Gasteiger partial charge is 0.465 e. The Balaban J connectivity index is 1.35. The Kier molecular flexibility index (Phi) is 7.17. The second-order valence-corrected chi connectivity index (χ2v) is 10.7. The molecule has 3 heterocycles. The molecule has 1 saturated carbocycles. The van der Waals surface area contributed by atoms with Gasteiger partial charge in [-0.3, -0.25) is 9.59 Å². The number of primary amides is 1. The molecule has 2 fully saturated rings. The van der Waals surface area contributed by atoms with Gasteiger partial charge in [0.25, 0.3) is 5.91 Å². The van der Waals surface area contributed by atoms with Crippen molar-refractivity contribution in [3.63, 3.8) is 0 Å². The summed E-state index contributed by atoms with van der Waals surface area (Å²) in [5, 5.41) is 3.14. The first-order valence-electron chi connectivity index (χ1n) is 13.5. The van der Waals surface area contributed by atoms with E-state index in [1.807, 2.05) is 30.3 Å². The highest BCUT2D eigenvalue weighted by atomic mass is 19.1. The number of nitrogens with two attached hydrogens (primary N) is 1. The summed E-state index contributed by atoms with van der Waals surface area (Å²) < 4.78 is 31.1. The minimum absolute atomic E-state index is 0.0473. The highest BCUT2D eigenvalue weighted by Gasteiger charge is 2.54. The van der Waals surface area contributed by atoms with Crippen LogP contribution in [-0.4, -0.2) is 51.6 Å². The number of aromatic amines is 1. The molecular formula is C30H29FN6O5. The van der Waals surface area contributed by atoms with E-state index in [2.05, 4.69) is 25.3 Å². The lowest BCUT2D eigenvalue weighted by atomic mass is 9.91. The summed E-state index contributed by atoms with van der Waals surface area (Å²) in [6.45, 7) is 1.60. The van der Waals surface area contributed by atoms with E-state index in [-0.39, 0.29) is 19.0 Å². The van der Waals surface area contributed by atoms with Gasteiger partial charge in [0.1, 0.15) is 11.2 Å². The summed E-state index contributed by atoms with van der Waals surface area (Å²) in [6, 6.07) is 16.8. The van der Waals surface area contributed by atoms with E-state index in [1.54, 1.807) is 31.3 Å². The van der Waals surface area contributed by atoms with Crippen molar-refractivity contribution in [3.05, 3.63) is 78.5 Å². The Hall–Kier alpha value is -4.68. The lowest BCUT2D eigenvalue weighted by molar-refractivity contribution is -0.293. The topological polar surface area (TPSA) is 154 Å². The first kappa shape index (κ1) is 27.5. The quantitative estimate of drug-likeness (QED) is 0.252. The van der Waals surface area contributed by atoms with Crippen molar-refractivity contribution < 1.29 is 28.2 Å². The standard InChI is InChI=1S/C30H29FN6O5/c1-29(27(39)40-15-18-7-8-18)16-41-30(25(32)38,42-17-29)26-36-23(19-9-11-20(31)12-10-19)24(37-26)22-13-14-33-28(35-22)34-21-5-3-2-4-6-21/h2-6,9-14,18H,7-8,15-17H2,1H3,(H2,32,38)(H,36,37)(H,33,34,35). The maximum atomic E-state index is 13.8. The van der Waals surface area contributed by atoms with Crippen LogP contribution in [-0.2, 0) is 29.6 Å². The molecule has 1 amide bonds. The minimum Gasteiger partial charge on any atom is -0.465 e. The number of carbonyl (C=O) groups excluding carboxylic acids is 2. The molecular weight excluding hydrogens is 543 g/mol. The fourth-order valence-corrected chi connectivity index (χ4v) is 4.51. The summed E-state index contributed by atoms with van der Waals surface area (Å²) in [6.07, 6.45) is 3.64. The Morgan fingerprint density at radius 3 is 2.45 bits per heavy atom. The van der Waals surface area contributed by atoms with Crippen LogP contribution in [0.1, 0.15) is 25.6 Å². The number of esters is 1. The smallest absolute Gasteiger partial charge is 0.316 e. The average Bonchev–Trinajstić information content (AvgIpc) is 3.73. The van der Waals surface area contributed by atoms with Crippen LogP contribution < -0.4 is 11.1 Å². The van der Waals surface area contributed by atoms with Crippen molar-refractivity contribution >= 4 is 23.5 Å². The van der Waals surface area contributed by atoms with Crippen LogP contribution in [0, 0.1) is 17.2 Å². The third-order valence-electron chi connectivity index (χ3n) is 7.23. The third kappa shape index (κ3) is 5.46. The van der Waals surface area contributed by atoms with E-state index >= 15 is 0 Å². The van der Waals surface area contributed by atoms with Gasteiger partial charge in [-0.05, 0) is 68.1 Å². The number of carbonyl (C=O) groups is 2. The van der Waals surface area contributed by atoms with Crippen molar-refractivity contribution in [3.8, 4) is 22.6 Å². The molecule has 1 saturated heterocycles. The van der Waals surface area contributed by atoms with E-state index in [1.165, 1.54) is 12.1 Å². The number of halogens is 1. The molecule has 0 atom stereocenters. The van der Waals surface area contributed by atoms with Gasteiger partial charge in [0.2, 0.25) is 5.95 Å². The molecule has 2 aliphatic rings. The van der Waals surface area contributed by atoms with Gasteiger partial charge < -0.3 is 30.2 Å². The van der Waals surface area contributed by atoms with Crippen LogP contribution in [0.25, 0.3) is 22.6 Å². The summed E-state index contributed by atoms with van der Waals surface area (Å²) in [7, 11) is 0. The average molecular weight is 573 g/mol. The highest BCUT2D eigenvalue weighted by Crippen LogP contribution is 2.40. The Morgan fingerprint density at radius 2 is 1.79 bits per heavy atom. The number of hydrogen-bond acceptors (Lipinski definition) is 9. The van der Waals surface area contributed by atoms with E-state index in [9.17, 15) is 14.0 Å². The van der Waals surface area contributed by atoms with Gasteiger partial charge in [-0.25, -0.2) is 19.3 Å². The molecule has 0 spiro atoms. The van der Waals surface area contributed by atoms with E-state index in [0.29, 0.717) is 41.1 Å². The number of hydrogen-bond donors (Lipinski definition) is 3. The zero-order chi connectivity index (χ0) is 29.3. The first-order chi connectivity index (χ1) is 20.3. The summed E-state index contributed by atoms with van der Waals surface area (Å²) in [4.78, 5) is 42.4. The number of benzene rings is 2. The molecule has 0 radical (unpaired) electrons. The number of H-pyrrole nitrogens is 1. The molecule has 42 heavy (non-hydrogen) atoms. The van der Waals surface area contributed by atoms with Gasteiger partial charge in [0, 0.05) is 17.4 Å². The van der Waals surface area contributed by atoms with Gasteiger partial charge in [0.15, 0.2) is 5.82 Å². The Labute approximate surface area is 240 Å². The Bertz CT molecular complexity index is 1600. The maximum Gasteiger partial charge on any atom is 0.316 e. The van der Waals surface area contributed by atoms with Crippen molar-refractivity contribution in [1.82, 2.24) is 19.9 Å². The Morgan fingerprint density at radius 1 is 1.07 bits per heavy atom. The zero-order valence-corrected chi connectivity index (χ0v) is 22.8. The predicted molar refractivity (Wildman–Crippen MR) is 149 cm³/mol. The van der Waals surface area contributed by atoms with Crippen LogP contribution in [0.5, 0.6) is 0 Å². The van der Waals surface area contributed by atoms with Gasteiger partial charge in [-0.2, -0.15) is 0 Å². The van der Waals surface area contributed by atoms with Gasteiger partial charge in [0.05, 0.1) is 36.9 Å². The lowest BCUT2D eigenvalue weighted by Gasteiger charge is -2.40. The number of imidazole rings is 1. The number of para-hydroxylation sites is 1. The van der Waals surface area contributed by atoms with Crippen LogP contribution in [0.2, 0.25) is 0 Å². The van der Waals surface area contributed by atoms with Crippen LogP contribution in [0.15, 0.2) is 66.9 Å². The van der Waals surface area contributed by atoms with Crippen molar-refractivity contribution in [2.75, 3.05) is 25.1 Å². The number of rotatable bonds is 9. The number of ether oxygens (including phenoxy) is 3. The summed E-state index contributed by atoms with van der Waals surface area (Å²) in [5.74, 6) is -3.32. The van der Waals surface area contributed by atoms with Gasteiger partial charge >= 0.3 is 11.8 Å². The molecule has 1 aliphatic heterocycles. The number of nitrogens with one attached hydrogen (secondary N) is 2. The molecule has 2 aromatic heterocycles. The second-order valence-electron chi connectivity index (χ2n) is 10.7. The molecule has 4 aromatic rings. The maximum absolute atomic E-state index is 13.8. The molecule has 216 valence electrons. The zero-order valence-electron chi connectivity index (χ0n) is 22.8. The molecule has 1 aliphatic carbocycles. The number of anilines is 2. The summed E-state index contributed by atoms with van der Waals surface area (Å²) >= 11 is 0. The number of nitrogens with zero attached hydrogens (tertiary/aromatic N) is 3. The van der Waals surface area contributed by atoms with Gasteiger partial charge in [-0.15, -0.1) is 0 Å². The second kappa shape index (κ2) is 11.0. The first-order valence-corrected chi connectivity index (χ1v) is 13.5. The van der Waals surface area contributed by atoms with Gasteiger partial charge in [-0.1, -0.05) is 18.2 Å². The highest BCUT2D eigenvalue weighted by molar-refractivity contribution is 5.85. The fourth-order valence-electron chi connectivity index (χ4n) is 4.51. The van der Waals surface area contributed by atoms with Crippen LogP contribution in [0.3, 0.4) is 0 Å². The third-order valence-corrected chi connectivity index (χ3v) is 7.23. The monoisotopic (exact) mass is 572 g/mol. The van der Waals surface area contributed by atoms with E-state index in [4.69, 9.17) is 19.9 Å². The van der Waals surface area contributed by atoms with Crippen LogP contribution >= 0.6 is 0 Å². The number of aromatic nitrogens is 4. The minimum atomic E-state index is -2.12. The van der Waals surface area contributed by atoms with Crippen molar-refractivity contribution in [2.45, 2.75) is 25.6 Å². The molecule has 4 N–H and O–H groups in total. The summed E-state index contributed by atoms with van der Waals surface area (Å²) in [5.41, 5.74) is 7.16. The molecule has 6 rings (SSSR count). The molecule has 0 bridgehead atoms. The predicted octanol–water partition coefficient (Wildman–Crippen LogP) is 4.06. The fraction of sp³-hybridized carbons (Fsp3) is 0.300. The van der Waals surface area contributed by atoms with Crippen LogP contribution in [0.4, 0.5) is 16.0 Å². The molecule has 12 heteroatoms. The molecule has 11 nitrogen and oxygen atoms in total. The van der Waals surface area contributed by atoms with E-state index < -0.39 is 28.9 Å². The lowest BCUT2D eigenvalue weighted by Crippen LogP contribution is -2.56. The molecule has 0 unspecified atom stereocenters. The SMILES string of the molecule is CC1(C(=O)OCC2CC2)COC(C(N)=O)(c2nc(-c3ccc(F)cc3)c(-c3ccnc(Nc4ccccc4)n3)[nH]2)OC1. The van der Waals surface area contributed by atoms with Crippen molar-refractivity contribution in [1.29, 1.82) is 0 Å². The van der Waals surface area contributed by atoms with Crippen molar-refractivity contribution in [2.24, 2.45) is 17.1 Å².